The Morgan fingerprint density at radius 2 is 1.85 bits per heavy atom. The summed E-state index contributed by atoms with van der Waals surface area (Å²) in [6, 6.07) is 6.85. The number of aryl methyl sites for hydroxylation is 1. The number of fused-ring (bicyclic) bond motifs is 1. The van der Waals surface area contributed by atoms with Crippen molar-refractivity contribution < 1.29 is 9.47 Å². The molecule has 0 spiro atoms. The van der Waals surface area contributed by atoms with Gasteiger partial charge < -0.3 is 14.8 Å². The Balaban J connectivity index is 2.01. The first-order valence-electron chi connectivity index (χ1n) is 7.56. The first kappa shape index (κ1) is 15.2. The summed E-state index contributed by atoms with van der Waals surface area (Å²) < 4.78 is 11.4. The summed E-state index contributed by atoms with van der Waals surface area (Å²) in [5, 5.41) is 3.43. The highest BCUT2D eigenvalue weighted by atomic mass is 16.5. The van der Waals surface area contributed by atoms with Crippen molar-refractivity contribution in [2.24, 2.45) is 5.41 Å². The van der Waals surface area contributed by atoms with Gasteiger partial charge in [0, 0.05) is 12.5 Å². The van der Waals surface area contributed by atoms with E-state index in [9.17, 15) is 0 Å². The van der Waals surface area contributed by atoms with Crippen LogP contribution in [0.15, 0.2) is 18.2 Å². The highest BCUT2D eigenvalue weighted by Crippen LogP contribution is 2.31. The van der Waals surface area contributed by atoms with Gasteiger partial charge >= 0.3 is 0 Å². The average Bonchev–Trinajstić information content (AvgIpc) is 2.62. The van der Waals surface area contributed by atoms with Crippen LogP contribution in [-0.4, -0.2) is 26.3 Å². The second kappa shape index (κ2) is 6.49. The van der Waals surface area contributed by atoms with Gasteiger partial charge in [-0.25, -0.2) is 0 Å². The summed E-state index contributed by atoms with van der Waals surface area (Å²) in [5.74, 6) is 1.78. The van der Waals surface area contributed by atoms with E-state index in [1.807, 2.05) is 13.1 Å². The maximum atomic E-state index is 5.75. The molecule has 1 aliphatic rings. The molecule has 0 aromatic heterocycles. The van der Waals surface area contributed by atoms with Crippen molar-refractivity contribution in [1.29, 1.82) is 0 Å². The van der Waals surface area contributed by atoms with Gasteiger partial charge in [0.25, 0.3) is 0 Å². The van der Waals surface area contributed by atoms with Gasteiger partial charge in [0.1, 0.15) is 0 Å². The van der Waals surface area contributed by atoms with Crippen LogP contribution in [0.1, 0.15) is 39.2 Å². The van der Waals surface area contributed by atoms with Crippen LogP contribution in [0.25, 0.3) is 0 Å². The predicted octanol–water partition coefficient (Wildman–Crippen LogP) is 3.41. The van der Waals surface area contributed by atoms with E-state index in [1.54, 1.807) is 0 Å². The molecule has 1 heterocycles. The van der Waals surface area contributed by atoms with Crippen molar-refractivity contribution in [3.8, 4) is 11.5 Å². The van der Waals surface area contributed by atoms with Crippen LogP contribution in [0.3, 0.4) is 0 Å². The first-order valence-corrected chi connectivity index (χ1v) is 7.56. The average molecular weight is 277 g/mol. The SMILES string of the molecule is CNC(CCc1ccc2c(c1)OCCCO2)C(C)(C)C. The zero-order valence-electron chi connectivity index (χ0n) is 13.2. The monoisotopic (exact) mass is 277 g/mol. The molecule has 3 nitrogen and oxygen atoms in total. The quantitative estimate of drug-likeness (QED) is 0.915. The van der Waals surface area contributed by atoms with Crippen LogP contribution in [0.4, 0.5) is 0 Å². The molecule has 2 rings (SSSR count). The lowest BCUT2D eigenvalue weighted by atomic mass is 9.83. The topological polar surface area (TPSA) is 30.5 Å². The minimum absolute atomic E-state index is 0.278. The predicted molar refractivity (Wildman–Crippen MR) is 82.7 cm³/mol. The van der Waals surface area contributed by atoms with Gasteiger partial charge in [-0.15, -0.1) is 0 Å². The van der Waals surface area contributed by atoms with Crippen LogP contribution in [-0.2, 0) is 6.42 Å². The number of hydrogen-bond acceptors (Lipinski definition) is 3. The molecule has 0 radical (unpaired) electrons. The van der Waals surface area contributed by atoms with Crippen molar-refractivity contribution >= 4 is 0 Å². The summed E-state index contributed by atoms with van der Waals surface area (Å²) in [4.78, 5) is 0. The summed E-state index contributed by atoms with van der Waals surface area (Å²) in [6.07, 6.45) is 3.13. The van der Waals surface area contributed by atoms with Crippen molar-refractivity contribution in [2.45, 2.75) is 46.1 Å². The van der Waals surface area contributed by atoms with E-state index in [4.69, 9.17) is 9.47 Å². The maximum Gasteiger partial charge on any atom is 0.161 e. The van der Waals surface area contributed by atoms with E-state index in [2.05, 4.69) is 38.2 Å². The fraction of sp³-hybridized carbons (Fsp3) is 0.647. The molecule has 0 bridgehead atoms. The molecule has 1 unspecified atom stereocenters. The van der Waals surface area contributed by atoms with Crippen LogP contribution >= 0.6 is 0 Å². The number of hydrogen-bond donors (Lipinski definition) is 1. The molecule has 1 aromatic carbocycles. The highest BCUT2D eigenvalue weighted by molar-refractivity contribution is 5.43. The van der Waals surface area contributed by atoms with Gasteiger partial charge in [0.05, 0.1) is 13.2 Å². The molecule has 0 saturated heterocycles. The van der Waals surface area contributed by atoms with Gasteiger partial charge in [-0.1, -0.05) is 26.8 Å². The molecule has 3 heteroatoms. The molecule has 0 saturated carbocycles. The Labute approximate surface area is 122 Å². The lowest BCUT2D eigenvalue weighted by molar-refractivity contribution is 0.268. The number of nitrogens with one attached hydrogen (secondary N) is 1. The van der Waals surface area contributed by atoms with E-state index in [0.29, 0.717) is 6.04 Å². The molecule has 0 fully saturated rings. The van der Waals surface area contributed by atoms with Crippen LogP contribution in [0.5, 0.6) is 11.5 Å². The highest BCUT2D eigenvalue weighted by Gasteiger charge is 2.22. The molecule has 1 aromatic rings. The second-order valence-electron chi connectivity index (χ2n) is 6.58. The third-order valence-electron chi connectivity index (χ3n) is 3.93. The molecular weight excluding hydrogens is 250 g/mol. The first-order chi connectivity index (χ1) is 9.50. The third kappa shape index (κ3) is 3.89. The van der Waals surface area contributed by atoms with E-state index in [0.717, 1.165) is 44.0 Å². The Morgan fingerprint density at radius 3 is 2.50 bits per heavy atom. The van der Waals surface area contributed by atoms with E-state index in [1.165, 1.54) is 5.56 Å². The molecule has 1 N–H and O–H groups in total. The molecular formula is C17H27NO2. The largest absolute Gasteiger partial charge is 0.490 e. The van der Waals surface area contributed by atoms with E-state index >= 15 is 0 Å². The summed E-state index contributed by atoms with van der Waals surface area (Å²) in [7, 11) is 2.05. The van der Waals surface area contributed by atoms with Crippen LogP contribution in [0.2, 0.25) is 0 Å². The summed E-state index contributed by atoms with van der Waals surface area (Å²) in [6.45, 7) is 8.34. The smallest absolute Gasteiger partial charge is 0.161 e. The fourth-order valence-corrected chi connectivity index (χ4v) is 2.68. The van der Waals surface area contributed by atoms with Crippen LogP contribution in [0, 0.1) is 5.41 Å². The molecule has 1 aliphatic heterocycles. The number of benzene rings is 1. The Kier molecular flexibility index (Phi) is 4.92. The third-order valence-corrected chi connectivity index (χ3v) is 3.93. The lowest BCUT2D eigenvalue weighted by Gasteiger charge is -2.30. The fourth-order valence-electron chi connectivity index (χ4n) is 2.68. The van der Waals surface area contributed by atoms with Crippen molar-refractivity contribution in [3.05, 3.63) is 23.8 Å². The Bertz CT molecular complexity index is 437. The van der Waals surface area contributed by atoms with Crippen molar-refractivity contribution in [1.82, 2.24) is 5.32 Å². The maximum absolute atomic E-state index is 5.75. The summed E-state index contributed by atoms with van der Waals surface area (Å²) >= 11 is 0. The van der Waals surface area contributed by atoms with Crippen molar-refractivity contribution in [3.63, 3.8) is 0 Å². The normalized spacial score (nSPS) is 16.6. The molecule has 0 aliphatic carbocycles. The van der Waals surface area contributed by atoms with Crippen molar-refractivity contribution in [2.75, 3.05) is 20.3 Å². The molecule has 0 amide bonds. The Morgan fingerprint density at radius 1 is 1.15 bits per heavy atom. The molecule has 1 atom stereocenters. The minimum Gasteiger partial charge on any atom is -0.490 e. The van der Waals surface area contributed by atoms with Gasteiger partial charge in [-0.3, -0.25) is 0 Å². The number of ether oxygens (including phenoxy) is 2. The zero-order valence-corrected chi connectivity index (χ0v) is 13.2. The second-order valence-corrected chi connectivity index (χ2v) is 6.58. The molecule has 112 valence electrons. The molecule has 20 heavy (non-hydrogen) atoms. The lowest BCUT2D eigenvalue weighted by Crippen LogP contribution is -2.38. The van der Waals surface area contributed by atoms with E-state index in [-0.39, 0.29) is 5.41 Å². The van der Waals surface area contributed by atoms with Gasteiger partial charge in [-0.2, -0.15) is 0 Å². The van der Waals surface area contributed by atoms with Gasteiger partial charge in [-0.05, 0) is 43.0 Å². The summed E-state index contributed by atoms with van der Waals surface area (Å²) in [5.41, 5.74) is 1.60. The standard InChI is InChI=1S/C17H27NO2/c1-17(2,3)16(18-4)9-7-13-6-8-14-15(12-13)20-11-5-10-19-14/h6,8,12,16,18H,5,7,9-11H2,1-4H3. The van der Waals surface area contributed by atoms with Gasteiger partial charge in [0.15, 0.2) is 11.5 Å². The van der Waals surface area contributed by atoms with Gasteiger partial charge in [0.2, 0.25) is 0 Å². The Hall–Kier alpha value is -1.22. The van der Waals surface area contributed by atoms with Crippen LogP contribution < -0.4 is 14.8 Å². The number of rotatable bonds is 4. The minimum atomic E-state index is 0.278. The van der Waals surface area contributed by atoms with E-state index < -0.39 is 0 Å². The zero-order chi connectivity index (χ0) is 14.6.